The maximum Gasteiger partial charge on any atom is 0.337 e. The summed E-state index contributed by atoms with van der Waals surface area (Å²) in [4.78, 5) is 11.0. The van der Waals surface area contributed by atoms with Gasteiger partial charge in [-0.15, -0.1) is 5.10 Å². The van der Waals surface area contributed by atoms with E-state index in [1.807, 2.05) is 6.92 Å². The fourth-order valence-electron chi connectivity index (χ4n) is 1.77. The SMILES string of the molecule is Cc1cc2c(C)nnn2c(C)c1C(=O)O. The molecule has 5 nitrogen and oxygen atoms in total. The van der Waals surface area contributed by atoms with E-state index in [1.54, 1.807) is 24.4 Å². The van der Waals surface area contributed by atoms with Crippen molar-refractivity contribution in [2.24, 2.45) is 0 Å². The number of nitrogens with zero attached hydrogens (tertiary/aromatic N) is 3. The van der Waals surface area contributed by atoms with Crippen LogP contribution in [-0.2, 0) is 0 Å². The smallest absolute Gasteiger partial charge is 0.337 e. The van der Waals surface area contributed by atoms with Gasteiger partial charge in [-0.1, -0.05) is 5.21 Å². The van der Waals surface area contributed by atoms with Crippen LogP contribution in [0.2, 0.25) is 0 Å². The molecule has 0 unspecified atom stereocenters. The highest BCUT2D eigenvalue weighted by Gasteiger charge is 2.16. The minimum absolute atomic E-state index is 0.299. The second kappa shape index (κ2) is 3.05. The normalized spacial score (nSPS) is 10.9. The average molecular weight is 205 g/mol. The molecule has 0 aliphatic rings. The molecule has 15 heavy (non-hydrogen) atoms. The summed E-state index contributed by atoms with van der Waals surface area (Å²) in [5, 5.41) is 16.9. The van der Waals surface area contributed by atoms with Gasteiger partial charge in [-0.3, -0.25) is 0 Å². The van der Waals surface area contributed by atoms with Gasteiger partial charge in [-0.05, 0) is 32.4 Å². The number of hydrogen-bond acceptors (Lipinski definition) is 3. The Morgan fingerprint density at radius 2 is 2.07 bits per heavy atom. The molecule has 2 heterocycles. The lowest BCUT2D eigenvalue weighted by Crippen LogP contribution is -2.08. The number of fused-ring (bicyclic) bond motifs is 1. The van der Waals surface area contributed by atoms with Crippen molar-refractivity contribution in [3.05, 3.63) is 28.6 Å². The summed E-state index contributed by atoms with van der Waals surface area (Å²) >= 11 is 0. The number of carbonyl (C=O) groups is 1. The van der Waals surface area contributed by atoms with Gasteiger partial charge in [0.05, 0.1) is 22.5 Å². The zero-order valence-electron chi connectivity index (χ0n) is 8.77. The van der Waals surface area contributed by atoms with Gasteiger partial charge in [0.1, 0.15) is 0 Å². The molecule has 0 aliphatic carbocycles. The molecule has 5 heteroatoms. The van der Waals surface area contributed by atoms with E-state index in [1.165, 1.54) is 0 Å². The molecule has 0 saturated carbocycles. The number of carboxylic acids is 1. The Morgan fingerprint density at radius 1 is 1.40 bits per heavy atom. The van der Waals surface area contributed by atoms with Crippen LogP contribution in [0.25, 0.3) is 5.52 Å². The van der Waals surface area contributed by atoms with Crippen LogP contribution in [0.1, 0.15) is 27.3 Å². The highest BCUT2D eigenvalue weighted by molar-refractivity contribution is 5.91. The highest BCUT2D eigenvalue weighted by atomic mass is 16.4. The first-order valence-electron chi connectivity index (χ1n) is 4.58. The minimum Gasteiger partial charge on any atom is -0.478 e. The maximum absolute atomic E-state index is 11.0. The Bertz CT molecular complexity index is 557. The van der Waals surface area contributed by atoms with Crippen LogP contribution in [-0.4, -0.2) is 25.9 Å². The van der Waals surface area contributed by atoms with Crippen LogP contribution < -0.4 is 0 Å². The molecule has 0 saturated heterocycles. The van der Waals surface area contributed by atoms with Crippen LogP contribution in [0.5, 0.6) is 0 Å². The fraction of sp³-hybridized carbons (Fsp3) is 0.300. The predicted molar refractivity (Wildman–Crippen MR) is 54.2 cm³/mol. The number of aromatic nitrogens is 3. The molecular formula is C10H11N3O2. The first kappa shape index (κ1) is 9.64. The summed E-state index contributed by atoms with van der Waals surface area (Å²) in [5.41, 5.74) is 3.30. The standard InChI is InChI=1S/C10H11N3O2/c1-5-4-8-6(2)11-12-13(8)7(3)9(5)10(14)15/h4H,1-3H3,(H,14,15). The van der Waals surface area contributed by atoms with Crippen LogP contribution in [0.4, 0.5) is 0 Å². The van der Waals surface area contributed by atoms with Gasteiger partial charge in [0.2, 0.25) is 0 Å². The third-order valence-corrected chi connectivity index (χ3v) is 2.52. The van der Waals surface area contributed by atoms with Crippen molar-refractivity contribution in [1.82, 2.24) is 14.8 Å². The summed E-state index contributed by atoms with van der Waals surface area (Å²) in [6, 6.07) is 1.80. The van der Waals surface area contributed by atoms with E-state index in [0.29, 0.717) is 11.3 Å². The molecule has 0 spiro atoms. The van der Waals surface area contributed by atoms with E-state index in [9.17, 15) is 4.79 Å². The summed E-state index contributed by atoms with van der Waals surface area (Å²) in [6.45, 7) is 5.36. The summed E-state index contributed by atoms with van der Waals surface area (Å²) in [6.07, 6.45) is 0. The largest absolute Gasteiger partial charge is 0.478 e. The lowest BCUT2D eigenvalue weighted by Gasteiger charge is -2.06. The van der Waals surface area contributed by atoms with Gasteiger partial charge in [0, 0.05) is 0 Å². The molecule has 2 rings (SSSR count). The van der Waals surface area contributed by atoms with Gasteiger partial charge < -0.3 is 5.11 Å². The van der Waals surface area contributed by atoms with E-state index < -0.39 is 5.97 Å². The van der Waals surface area contributed by atoms with Crippen molar-refractivity contribution >= 4 is 11.5 Å². The number of aromatic carboxylic acids is 1. The lowest BCUT2D eigenvalue weighted by atomic mass is 10.1. The van der Waals surface area contributed by atoms with E-state index >= 15 is 0 Å². The zero-order chi connectivity index (χ0) is 11.2. The highest BCUT2D eigenvalue weighted by Crippen LogP contribution is 2.18. The number of pyridine rings is 1. The fourth-order valence-corrected chi connectivity index (χ4v) is 1.77. The summed E-state index contributed by atoms with van der Waals surface area (Å²) < 4.78 is 1.56. The topological polar surface area (TPSA) is 67.5 Å². The van der Waals surface area contributed by atoms with E-state index in [4.69, 9.17) is 5.11 Å². The predicted octanol–water partition coefficient (Wildman–Crippen LogP) is 1.35. The van der Waals surface area contributed by atoms with Crippen molar-refractivity contribution in [1.29, 1.82) is 0 Å². The van der Waals surface area contributed by atoms with Crippen molar-refractivity contribution in [2.75, 3.05) is 0 Å². The molecule has 0 atom stereocenters. The van der Waals surface area contributed by atoms with Gasteiger partial charge in [0.25, 0.3) is 0 Å². The molecule has 1 N–H and O–H groups in total. The van der Waals surface area contributed by atoms with Crippen LogP contribution in [0, 0.1) is 20.8 Å². The van der Waals surface area contributed by atoms with Gasteiger partial charge in [-0.25, -0.2) is 9.31 Å². The number of hydrogen-bond donors (Lipinski definition) is 1. The molecule has 0 aliphatic heterocycles. The van der Waals surface area contributed by atoms with Gasteiger partial charge >= 0.3 is 5.97 Å². The van der Waals surface area contributed by atoms with Crippen LogP contribution in [0.15, 0.2) is 6.07 Å². The third kappa shape index (κ3) is 1.27. The molecule has 0 amide bonds. The Balaban J connectivity index is 2.91. The molecule has 2 aromatic rings. The first-order chi connectivity index (χ1) is 7.02. The quantitative estimate of drug-likeness (QED) is 0.763. The van der Waals surface area contributed by atoms with Crippen molar-refractivity contribution in [3.63, 3.8) is 0 Å². The molecule has 2 aromatic heterocycles. The molecule has 78 valence electrons. The molecule has 0 aromatic carbocycles. The van der Waals surface area contributed by atoms with E-state index in [2.05, 4.69) is 10.3 Å². The second-order valence-electron chi connectivity index (χ2n) is 3.56. The first-order valence-corrected chi connectivity index (χ1v) is 4.58. The molecule has 0 radical (unpaired) electrons. The molecule has 0 fully saturated rings. The van der Waals surface area contributed by atoms with Crippen LogP contribution in [0.3, 0.4) is 0 Å². The third-order valence-electron chi connectivity index (χ3n) is 2.52. The van der Waals surface area contributed by atoms with E-state index in [-0.39, 0.29) is 0 Å². The Labute approximate surface area is 86.3 Å². The lowest BCUT2D eigenvalue weighted by molar-refractivity contribution is 0.0694. The number of carboxylic acid groups (broad SMARTS) is 1. The van der Waals surface area contributed by atoms with E-state index in [0.717, 1.165) is 16.8 Å². The van der Waals surface area contributed by atoms with Gasteiger partial charge in [-0.2, -0.15) is 0 Å². The Hall–Kier alpha value is -1.91. The van der Waals surface area contributed by atoms with Crippen LogP contribution >= 0.6 is 0 Å². The molecular weight excluding hydrogens is 194 g/mol. The van der Waals surface area contributed by atoms with Crippen molar-refractivity contribution < 1.29 is 9.90 Å². The molecule has 0 bridgehead atoms. The van der Waals surface area contributed by atoms with Crippen molar-refractivity contribution in [2.45, 2.75) is 20.8 Å². The minimum atomic E-state index is -0.931. The second-order valence-corrected chi connectivity index (χ2v) is 3.56. The maximum atomic E-state index is 11.0. The monoisotopic (exact) mass is 205 g/mol. The Kier molecular flexibility index (Phi) is 1.96. The number of rotatable bonds is 1. The summed E-state index contributed by atoms with van der Waals surface area (Å²) in [7, 11) is 0. The van der Waals surface area contributed by atoms with Gasteiger partial charge in [0.15, 0.2) is 0 Å². The zero-order valence-corrected chi connectivity index (χ0v) is 8.77. The summed E-state index contributed by atoms with van der Waals surface area (Å²) in [5.74, 6) is -0.931. The number of aryl methyl sites for hydroxylation is 3. The van der Waals surface area contributed by atoms with Crippen molar-refractivity contribution in [3.8, 4) is 0 Å². The Morgan fingerprint density at radius 3 is 2.67 bits per heavy atom. The average Bonchev–Trinajstić information content (AvgIpc) is 2.47.